The van der Waals surface area contributed by atoms with Gasteiger partial charge in [-0.15, -0.1) is 0 Å². The van der Waals surface area contributed by atoms with E-state index in [9.17, 15) is 19.2 Å². The zero-order chi connectivity index (χ0) is 26.5. The number of anilines is 2. The Morgan fingerprint density at radius 1 is 1.05 bits per heavy atom. The molecule has 1 aliphatic heterocycles. The molecule has 10 heteroatoms. The van der Waals surface area contributed by atoms with Crippen molar-refractivity contribution in [2.75, 3.05) is 23.9 Å². The summed E-state index contributed by atoms with van der Waals surface area (Å²) in [5.74, 6) is -1.72. The molecule has 2 N–H and O–H groups in total. The standard InChI is InChI=1S/C27H22ClN3O6/c1-16-8-6-7-11-21(16)31-26(34)19(25(33)30-27(31)35)12-17-13-20(28)24(22(14-17)36-2)37-15-23(32)29-18-9-4-3-5-10-18/h3-14H,15H2,1-2H3,(H,29,32)(H,30,33,35)/b19-12+. The number of aryl methyl sites for hydroxylation is 1. The topological polar surface area (TPSA) is 114 Å². The monoisotopic (exact) mass is 519 g/mol. The largest absolute Gasteiger partial charge is 0.493 e. The van der Waals surface area contributed by atoms with Gasteiger partial charge in [0, 0.05) is 5.69 Å². The van der Waals surface area contributed by atoms with E-state index in [1.54, 1.807) is 55.5 Å². The number of imide groups is 2. The molecule has 37 heavy (non-hydrogen) atoms. The van der Waals surface area contributed by atoms with Crippen LogP contribution in [0.4, 0.5) is 16.2 Å². The van der Waals surface area contributed by atoms with Gasteiger partial charge in [0.1, 0.15) is 5.57 Å². The van der Waals surface area contributed by atoms with Crippen LogP contribution < -0.4 is 25.0 Å². The average molecular weight is 520 g/mol. The molecule has 3 aromatic rings. The highest BCUT2D eigenvalue weighted by Gasteiger charge is 2.37. The molecule has 4 rings (SSSR count). The van der Waals surface area contributed by atoms with E-state index >= 15 is 0 Å². The van der Waals surface area contributed by atoms with Crippen molar-refractivity contribution in [3.05, 3.63) is 88.5 Å². The third-order valence-electron chi connectivity index (χ3n) is 5.43. The number of rotatable bonds is 7. The maximum atomic E-state index is 13.2. The summed E-state index contributed by atoms with van der Waals surface area (Å²) in [5, 5.41) is 4.98. The molecule has 188 valence electrons. The van der Waals surface area contributed by atoms with Gasteiger partial charge in [-0.1, -0.05) is 48.0 Å². The maximum absolute atomic E-state index is 13.2. The number of halogens is 1. The minimum Gasteiger partial charge on any atom is -0.493 e. The van der Waals surface area contributed by atoms with Crippen LogP contribution in [0.1, 0.15) is 11.1 Å². The van der Waals surface area contributed by atoms with E-state index in [4.69, 9.17) is 21.1 Å². The fraction of sp³-hybridized carbons (Fsp3) is 0.111. The third-order valence-corrected chi connectivity index (χ3v) is 5.71. The van der Waals surface area contributed by atoms with Gasteiger partial charge in [-0.2, -0.15) is 0 Å². The van der Waals surface area contributed by atoms with Crippen molar-refractivity contribution in [3.8, 4) is 11.5 Å². The van der Waals surface area contributed by atoms with Crippen LogP contribution >= 0.6 is 11.6 Å². The molecule has 0 bridgehead atoms. The fourth-order valence-electron chi connectivity index (χ4n) is 3.68. The summed E-state index contributed by atoms with van der Waals surface area (Å²) in [7, 11) is 1.39. The van der Waals surface area contributed by atoms with Gasteiger partial charge < -0.3 is 14.8 Å². The van der Waals surface area contributed by atoms with Gasteiger partial charge in [0.05, 0.1) is 17.8 Å². The van der Waals surface area contributed by atoms with Crippen LogP contribution in [0.2, 0.25) is 5.02 Å². The maximum Gasteiger partial charge on any atom is 0.335 e. The van der Waals surface area contributed by atoms with E-state index in [1.165, 1.54) is 25.3 Å². The number of para-hydroxylation sites is 2. The number of urea groups is 1. The van der Waals surface area contributed by atoms with Crippen LogP contribution in [0, 0.1) is 6.92 Å². The van der Waals surface area contributed by atoms with E-state index in [0.717, 1.165) is 4.90 Å². The van der Waals surface area contributed by atoms with E-state index in [-0.39, 0.29) is 28.7 Å². The second kappa shape index (κ2) is 11.0. The van der Waals surface area contributed by atoms with E-state index in [0.29, 0.717) is 22.5 Å². The van der Waals surface area contributed by atoms with Crippen molar-refractivity contribution in [2.24, 2.45) is 0 Å². The number of nitrogens with zero attached hydrogens (tertiary/aromatic N) is 1. The normalized spacial score (nSPS) is 14.4. The van der Waals surface area contributed by atoms with Gasteiger partial charge in [-0.3, -0.25) is 19.7 Å². The number of hydrogen-bond donors (Lipinski definition) is 2. The first-order chi connectivity index (χ1) is 17.8. The SMILES string of the molecule is COc1cc(/C=C2\C(=O)NC(=O)N(c3ccccc3C)C2=O)cc(Cl)c1OCC(=O)Nc1ccccc1. The smallest absolute Gasteiger partial charge is 0.335 e. The minimum absolute atomic E-state index is 0.0919. The molecule has 0 unspecified atom stereocenters. The molecular weight excluding hydrogens is 498 g/mol. The molecule has 0 radical (unpaired) electrons. The summed E-state index contributed by atoms with van der Waals surface area (Å²) < 4.78 is 11.0. The molecule has 1 heterocycles. The molecule has 0 atom stereocenters. The summed E-state index contributed by atoms with van der Waals surface area (Å²) in [4.78, 5) is 51.3. The van der Waals surface area contributed by atoms with Crippen molar-refractivity contribution in [1.29, 1.82) is 0 Å². The number of nitrogens with one attached hydrogen (secondary N) is 2. The Hall–Kier alpha value is -4.63. The highest BCUT2D eigenvalue weighted by atomic mass is 35.5. The first-order valence-electron chi connectivity index (χ1n) is 11.1. The molecule has 1 fully saturated rings. The van der Waals surface area contributed by atoms with Crippen LogP contribution in [-0.4, -0.2) is 37.5 Å². The zero-order valence-electron chi connectivity index (χ0n) is 19.9. The predicted molar refractivity (Wildman–Crippen MR) is 139 cm³/mol. The molecular formula is C27H22ClN3O6. The lowest BCUT2D eigenvalue weighted by atomic mass is 10.1. The molecule has 3 aromatic carbocycles. The molecule has 0 spiro atoms. The number of hydrogen-bond acceptors (Lipinski definition) is 6. The molecule has 1 aliphatic rings. The second-order valence-corrected chi connectivity index (χ2v) is 8.39. The number of amides is 5. The van der Waals surface area contributed by atoms with Gasteiger partial charge in [0.2, 0.25) is 0 Å². The van der Waals surface area contributed by atoms with E-state index in [2.05, 4.69) is 10.6 Å². The van der Waals surface area contributed by atoms with Crippen LogP contribution in [0.3, 0.4) is 0 Å². The lowest BCUT2D eigenvalue weighted by Crippen LogP contribution is -2.54. The first-order valence-corrected chi connectivity index (χ1v) is 11.5. The van der Waals surface area contributed by atoms with Gasteiger partial charge >= 0.3 is 6.03 Å². The van der Waals surface area contributed by atoms with Crippen molar-refractivity contribution in [1.82, 2.24) is 5.32 Å². The Labute approximate surface area is 217 Å². The van der Waals surface area contributed by atoms with Gasteiger partial charge in [0.25, 0.3) is 17.7 Å². The lowest BCUT2D eigenvalue weighted by Gasteiger charge is -2.27. The number of barbiturate groups is 1. The van der Waals surface area contributed by atoms with Crippen LogP contribution in [0.5, 0.6) is 11.5 Å². The summed E-state index contributed by atoms with van der Waals surface area (Å²) in [6, 6.07) is 17.8. The van der Waals surface area contributed by atoms with Gasteiger partial charge in [0.15, 0.2) is 18.1 Å². The molecule has 0 aromatic heterocycles. The minimum atomic E-state index is -0.840. The highest BCUT2D eigenvalue weighted by molar-refractivity contribution is 6.39. The summed E-state index contributed by atoms with van der Waals surface area (Å²) in [6.07, 6.45) is 1.30. The van der Waals surface area contributed by atoms with Crippen LogP contribution in [0.15, 0.2) is 72.3 Å². The Kier molecular flexibility index (Phi) is 7.55. The van der Waals surface area contributed by atoms with Crippen LogP contribution in [-0.2, 0) is 14.4 Å². The molecule has 0 saturated carbocycles. The lowest BCUT2D eigenvalue weighted by molar-refractivity contribution is -0.122. The number of ether oxygens (including phenoxy) is 2. The molecule has 5 amide bonds. The Balaban J connectivity index is 1.58. The van der Waals surface area contributed by atoms with Crippen molar-refractivity contribution < 1.29 is 28.7 Å². The number of benzene rings is 3. The molecule has 9 nitrogen and oxygen atoms in total. The number of methoxy groups -OCH3 is 1. The van der Waals surface area contributed by atoms with E-state index < -0.39 is 23.8 Å². The van der Waals surface area contributed by atoms with Gasteiger partial charge in [-0.25, -0.2) is 9.69 Å². The van der Waals surface area contributed by atoms with Gasteiger partial charge in [-0.05, 0) is 54.5 Å². The predicted octanol–water partition coefficient (Wildman–Crippen LogP) is 4.34. The Bertz CT molecular complexity index is 1420. The summed E-state index contributed by atoms with van der Waals surface area (Å²) >= 11 is 6.40. The summed E-state index contributed by atoms with van der Waals surface area (Å²) in [5.41, 5.74) is 1.74. The number of carbonyl (C=O) groups excluding carboxylic acids is 4. The second-order valence-electron chi connectivity index (χ2n) is 7.98. The quantitative estimate of drug-likeness (QED) is 0.354. The van der Waals surface area contributed by atoms with Crippen molar-refractivity contribution in [2.45, 2.75) is 6.92 Å². The first kappa shape index (κ1) is 25.5. The Morgan fingerprint density at radius 2 is 1.76 bits per heavy atom. The highest BCUT2D eigenvalue weighted by Crippen LogP contribution is 2.37. The fourth-order valence-corrected chi connectivity index (χ4v) is 3.95. The average Bonchev–Trinajstić information content (AvgIpc) is 2.87. The van der Waals surface area contributed by atoms with Crippen LogP contribution in [0.25, 0.3) is 6.08 Å². The summed E-state index contributed by atoms with van der Waals surface area (Å²) in [6.45, 7) is 1.42. The van der Waals surface area contributed by atoms with Crippen molar-refractivity contribution in [3.63, 3.8) is 0 Å². The van der Waals surface area contributed by atoms with Crippen molar-refractivity contribution >= 4 is 52.8 Å². The molecule has 1 saturated heterocycles. The van der Waals surface area contributed by atoms with E-state index in [1.807, 2.05) is 6.07 Å². The zero-order valence-corrected chi connectivity index (χ0v) is 20.7. The molecule has 0 aliphatic carbocycles. The number of carbonyl (C=O) groups is 4. The Morgan fingerprint density at radius 3 is 2.46 bits per heavy atom. The third kappa shape index (κ3) is 5.62.